The normalized spacial score (nSPS) is 31.7. The van der Waals surface area contributed by atoms with Gasteiger partial charge in [0.1, 0.15) is 0 Å². The van der Waals surface area contributed by atoms with Crippen molar-refractivity contribution in [3.8, 4) is 0 Å². The van der Waals surface area contributed by atoms with Gasteiger partial charge in [0.15, 0.2) is 0 Å². The number of nitrogens with one attached hydrogen (secondary N) is 1. The molecule has 0 aromatic carbocycles. The van der Waals surface area contributed by atoms with Crippen LogP contribution in [0.15, 0.2) is 0 Å². The van der Waals surface area contributed by atoms with Crippen LogP contribution in [-0.2, 0) is 0 Å². The Balaban J connectivity index is 2.59. The summed E-state index contributed by atoms with van der Waals surface area (Å²) in [6.45, 7) is 8.26. The molecule has 1 N–H and O–H groups in total. The summed E-state index contributed by atoms with van der Waals surface area (Å²) in [5.41, 5.74) is 0.487. The number of thioether (sulfide) groups is 1. The minimum atomic E-state index is 0.487. The van der Waals surface area contributed by atoms with Crippen LogP contribution in [0, 0.1) is 5.41 Å². The van der Waals surface area contributed by atoms with Crippen LogP contribution in [0.25, 0.3) is 0 Å². The lowest BCUT2D eigenvalue weighted by Gasteiger charge is -2.44. The van der Waals surface area contributed by atoms with Crippen molar-refractivity contribution in [1.82, 2.24) is 5.32 Å². The molecule has 1 rings (SSSR count). The van der Waals surface area contributed by atoms with Crippen LogP contribution in [0.1, 0.15) is 46.5 Å². The minimum Gasteiger partial charge on any atom is -0.312 e. The van der Waals surface area contributed by atoms with Gasteiger partial charge in [0.25, 0.3) is 0 Å². The Morgan fingerprint density at radius 3 is 2.71 bits per heavy atom. The van der Waals surface area contributed by atoms with E-state index in [1.165, 1.54) is 32.2 Å². The second kappa shape index (κ2) is 5.41. The van der Waals surface area contributed by atoms with Crippen LogP contribution < -0.4 is 5.32 Å². The van der Waals surface area contributed by atoms with Crippen molar-refractivity contribution in [3.05, 3.63) is 0 Å². The Morgan fingerprint density at radius 2 is 2.14 bits per heavy atom. The molecule has 0 spiro atoms. The molecule has 84 valence electrons. The average molecular weight is 215 g/mol. The van der Waals surface area contributed by atoms with E-state index in [1.54, 1.807) is 0 Å². The zero-order valence-electron chi connectivity index (χ0n) is 10.1. The summed E-state index contributed by atoms with van der Waals surface area (Å²) in [5, 5.41) is 4.57. The van der Waals surface area contributed by atoms with Gasteiger partial charge in [-0.1, -0.05) is 27.2 Å². The SMILES string of the molecule is CCCNC1C(SC)CCCC1(C)C. The van der Waals surface area contributed by atoms with E-state index in [0.717, 1.165) is 5.25 Å². The van der Waals surface area contributed by atoms with Gasteiger partial charge in [-0.3, -0.25) is 0 Å². The molecule has 0 aliphatic heterocycles. The molecular weight excluding hydrogens is 190 g/mol. The van der Waals surface area contributed by atoms with Crippen molar-refractivity contribution >= 4 is 11.8 Å². The van der Waals surface area contributed by atoms with Crippen LogP contribution in [0.4, 0.5) is 0 Å². The Labute approximate surface area is 93.4 Å². The Bertz CT molecular complexity index is 168. The highest BCUT2D eigenvalue weighted by atomic mass is 32.2. The van der Waals surface area contributed by atoms with Crippen LogP contribution in [0.5, 0.6) is 0 Å². The largest absolute Gasteiger partial charge is 0.312 e. The molecule has 14 heavy (non-hydrogen) atoms. The van der Waals surface area contributed by atoms with Crippen molar-refractivity contribution in [1.29, 1.82) is 0 Å². The number of hydrogen-bond acceptors (Lipinski definition) is 2. The standard InChI is InChI=1S/C12H25NS/c1-5-9-13-11-10(14-4)7-6-8-12(11,2)3/h10-11,13H,5-9H2,1-4H3. The molecule has 0 saturated heterocycles. The van der Waals surface area contributed by atoms with Crippen LogP contribution in [0.3, 0.4) is 0 Å². The van der Waals surface area contributed by atoms with E-state index in [-0.39, 0.29) is 0 Å². The molecule has 0 radical (unpaired) electrons. The van der Waals surface area contributed by atoms with Gasteiger partial charge in [-0.2, -0.15) is 11.8 Å². The van der Waals surface area contributed by atoms with E-state index in [9.17, 15) is 0 Å². The zero-order valence-corrected chi connectivity index (χ0v) is 10.9. The van der Waals surface area contributed by atoms with E-state index in [4.69, 9.17) is 0 Å². The predicted molar refractivity (Wildman–Crippen MR) is 67.0 cm³/mol. The Hall–Kier alpha value is 0.310. The van der Waals surface area contributed by atoms with E-state index in [1.807, 2.05) is 11.8 Å². The highest BCUT2D eigenvalue weighted by molar-refractivity contribution is 7.99. The van der Waals surface area contributed by atoms with Crippen LogP contribution >= 0.6 is 11.8 Å². The van der Waals surface area contributed by atoms with Gasteiger partial charge in [-0.25, -0.2) is 0 Å². The van der Waals surface area contributed by atoms with Gasteiger partial charge < -0.3 is 5.32 Å². The zero-order chi connectivity index (χ0) is 10.6. The molecule has 1 aliphatic carbocycles. The first kappa shape index (κ1) is 12.4. The summed E-state index contributed by atoms with van der Waals surface area (Å²) < 4.78 is 0. The van der Waals surface area contributed by atoms with Crippen molar-refractivity contribution < 1.29 is 0 Å². The lowest BCUT2D eigenvalue weighted by Crippen LogP contribution is -2.51. The van der Waals surface area contributed by atoms with E-state index in [0.29, 0.717) is 11.5 Å². The van der Waals surface area contributed by atoms with Crippen LogP contribution in [0.2, 0.25) is 0 Å². The fourth-order valence-corrected chi connectivity index (χ4v) is 3.68. The topological polar surface area (TPSA) is 12.0 Å². The molecular formula is C12H25NS. The maximum atomic E-state index is 3.74. The first-order valence-corrected chi connectivity index (χ1v) is 7.16. The summed E-state index contributed by atoms with van der Waals surface area (Å²) >= 11 is 2.04. The quantitative estimate of drug-likeness (QED) is 0.772. The molecule has 2 unspecified atom stereocenters. The van der Waals surface area contributed by atoms with Gasteiger partial charge >= 0.3 is 0 Å². The summed E-state index contributed by atoms with van der Waals surface area (Å²) in [4.78, 5) is 0. The number of hydrogen-bond donors (Lipinski definition) is 1. The first-order valence-electron chi connectivity index (χ1n) is 5.88. The van der Waals surface area contributed by atoms with Crippen LogP contribution in [-0.4, -0.2) is 24.1 Å². The third-order valence-electron chi connectivity index (χ3n) is 3.44. The number of rotatable bonds is 4. The molecule has 1 saturated carbocycles. The maximum Gasteiger partial charge on any atom is 0.0237 e. The van der Waals surface area contributed by atoms with Gasteiger partial charge in [0, 0.05) is 11.3 Å². The smallest absolute Gasteiger partial charge is 0.0237 e. The van der Waals surface area contributed by atoms with Crippen molar-refractivity contribution in [3.63, 3.8) is 0 Å². The second-order valence-electron chi connectivity index (χ2n) is 5.09. The molecule has 0 amide bonds. The summed E-state index contributed by atoms with van der Waals surface area (Å²) in [7, 11) is 0. The third-order valence-corrected chi connectivity index (χ3v) is 4.55. The lowest BCUT2D eigenvalue weighted by atomic mass is 9.73. The monoisotopic (exact) mass is 215 g/mol. The molecule has 0 aromatic heterocycles. The molecule has 0 heterocycles. The lowest BCUT2D eigenvalue weighted by molar-refractivity contribution is 0.175. The summed E-state index contributed by atoms with van der Waals surface area (Å²) in [6, 6.07) is 0.714. The molecule has 1 aliphatic rings. The van der Waals surface area contributed by atoms with Gasteiger partial charge in [0.05, 0.1) is 0 Å². The first-order chi connectivity index (χ1) is 6.61. The fourth-order valence-electron chi connectivity index (χ4n) is 2.55. The highest BCUT2D eigenvalue weighted by Crippen LogP contribution is 2.39. The summed E-state index contributed by atoms with van der Waals surface area (Å²) in [5.74, 6) is 0. The molecule has 0 bridgehead atoms. The predicted octanol–water partition coefficient (Wildman–Crippen LogP) is 3.30. The fraction of sp³-hybridized carbons (Fsp3) is 1.00. The van der Waals surface area contributed by atoms with Gasteiger partial charge in [-0.05, 0) is 37.5 Å². The van der Waals surface area contributed by atoms with Crippen molar-refractivity contribution in [2.45, 2.75) is 57.7 Å². The van der Waals surface area contributed by atoms with Crippen molar-refractivity contribution in [2.75, 3.05) is 12.8 Å². The second-order valence-corrected chi connectivity index (χ2v) is 6.16. The minimum absolute atomic E-state index is 0.487. The van der Waals surface area contributed by atoms with Gasteiger partial charge in [0.2, 0.25) is 0 Å². The molecule has 2 heteroatoms. The Kier molecular flexibility index (Phi) is 4.78. The highest BCUT2D eigenvalue weighted by Gasteiger charge is 2.37. The molecule has 1 fully saturated rings. The van der Waals surface area contributed by atoms with Gasteiger partial charge in [-0.15, -0.1) is 0 Å². The van der Waals surface area contributed by atoms with E-state index >= 15 is 0 Å². The van der Waals surface area contributed by atoms with Crippen molar-refractivity contribution in [2.24, 2.45) is 5.41 Å². The molecule has 1 nitrogen and oxygen atoms in total. The molecule has 0 aromatic rings. The van der Waals surface area contributed by atoms with E-state index in [2.05, 4.69) is 32.3 Å². The third kappa shape index (κ3) is 2.90. The maximum absolute atomic E-state index is 3.74. The summed E-state index contributed by atoms with van der Waals surface area (Å²) in [6.07, 6.45) is 7.68. The Morgan fingerprint density at radius 1 is 1.43 bits per heavy atom. The molecule has 2 atom stereocenters. The van der Waals surface area contributed by atoms with E-state index < -0.39 is 0 Å². The average Bonchev–Trinajstić information content (AvgIpc) is 2.14.